The number of hydrogen-bond acceptors (Lipinski definition) is 5. The summed E-state index contributed by atoms with van der Waals surface area (Å²) in [4.78, 5) is 42.1. The first-order valence-corrected chi connectivity index (χ1v) is 11.6. The Bertz CT molecular complexity index is 1190. The van der Waals surface area contributed by atoms with Gasteiger partial charge in [0.05, 0.1) is 17.8 Å². The van der Waals surface area contributed by atoms with Crippen molar-refractivity contribution in [3.8, 4) is 0 Å². The number of esters is 1. The number of hydrogen-bond donors (Lipinski definition) is 0. The Morgan fingerprint density at radius 2 is 1.47 bits per heavy atom. The van der Waals surface area contributed by atoms with Gasteiger partial charge in [0, 0.05) is 31.3 Å². The van der Waals surface area contributed by atoms with Crippen LogP contribution in [0.15, 0.2) is 48.5 Å². The number of anilines is 1. The number of rotatable bonds is 4. The van der Waals surface area contributed by atoms with Crippen molar-refractivity contribution in [1.29, 1.82) is 0 Å². The first-order chi connectivity index (χ1) is 17.7. The van der Waals surface area contributed by atoms with Crippen LogP contribution in [-0.4, -0.2) is 59.6 Å². The monoisotopic (exact) mass is 543 g/mol. The molecule has 2 aliphatic rings. The third-order valence-corrected chi connectivity index (χ3v) is 6.72. The maximum absolute atomic E-state index is 13.5. The van der Waals surface area contributed by atoms with Gasteiger partial charge in [0.2, 0.25) is 0 Å². The molecule has 0 bridgehead atoms. The molecule has 38 heavy (non-hydrogen) atoms. The molecule has 0 aromatic heterocycles. The molecule has 204 valence electrons. The molecule has 2 heterocycles. The van der Waals surface area contributed by atoms with Crippen LogP contribution in [-0.2, 0) is 26.7 Å². The van der Waals surface area contributed by atoms with Crippen LogP contribution in [0.3, 0.4) is 0 Å². The maximum atomic E-state index is 13.5. The van der Waals surface area contributed by atoms with Gasteiger partial charge in [-0.15, -0.1) is 0 Å². The van der Waals surface area contributed by atoms with Crippen LogP contribution in [0.4, 0.5) is 32.0 Å². The minimum Gasteiger partial charge on any atom is -0.444 e. The molecule has 0 saturated carbocycles. The van der Waals surface area contributed by atoms with Gasteiger partial charge >= 0.3 is 18.3 Å². The van der Waals surface area contributed by atoms with E-state index in [9.17, 15) is 40.7 Å². The van der Waals surface area contributed by atoms with E-state index in [1.165, 1.54) is 11.8 Å². The molecular weight excluding hydrogens is 520 g/mol. The van der Waals surface area contributed by atoms with Gasteiger partial charge in [-0.3, -0.25) is 19.3 Å². The van der Waals surface area contributed by atoms with E-state index in [4.69, 9.17) is 4.74 Å². The van der Waals surface area contributed by atoms with Crippen LogP contribution in [0, 0.1) is 0 Å². The molecule has 0 unspecified atom stereocenters. The fraction of sp³-hybridized carbons (Fsp3) is 0.400. The SMILES string of the molecule is CC(=O)OCN1CN(c2ccccc2)C2(CCN(C(=O)c3cc(C(F)(F)F)cc(C(F)(F)F)c3)CC2)C1=O. The van der Waals surface area contributed by atoms with Crippen LogP contribution in [0.5, 0.6) is 0 Å². The van der Waals surface area contributed by atoms with Gasteiger partial charge in [-0.2, -0.15) is 26.3 Å². The van der Waals surface area contributed by atoms with Gasteiger partial charge in [-0.1, -0.05) is 18.2 Å². The second kappa shape index (κ2) is 9.84. The van der Waals surface area contributed by atoms with Gasteiger partial charge in [-0.25, -0.2) is 0 Å². The largest absolute Gasteiger partial charge is 0.444 e. The molecule has 0 N–H and O–H groups in total. The molecule has 0 radical (unpaired) electrons. The number of para-hydroxylation sites is 1. The average Bonchev–Trinajstić information content (AvgIpc) is 3.13. The van der Waals surface area contributed by atoms with Crippen molar-refractivity contribution in [2.75, 3.05) is 31.4 Å². The molecule has 2 aromatic rings. The summed E-state index contributed by atoms with van der Waals surface area (Å²) in [5.41, 5.74) is -4.34. The summed E-state index contributed by atoms with van der Waals surface area (Å²) in [5, 5.41) is 0. The zero-order chi connectivity index (χ0) is 27.9. The van der Waals surface area contributed by atoms with Gasteiger partial charge < -0.3 is 14.5 Å². The molecule has 2 aromatic carbocycles. The van der Waals surface area contributed by atoms with Crippen molar-refractivity contribution in [1.82, 2.24) is 9.80 Å². The first kappa shape index (κ1) is 27.3. The van der Waals surface area contributed by atoms with Crippen LogP contribution in [0.25, 0.3) is 0 Å². The molecule has 13 heteroatoms. The highest BCUT2D eigenvalue weighted by Crippen LogP contribution is 2.41. The topological polar surface area (TPSA) is 70.2 Å². The number of carbonyl (C=O) groups is 3. The van der Waals surface area contributed by atoms with Gasteiger partial charge in [0.25, 0.3) is 11.8 Å². The number of carbonyl (C=O) groups excluding carboxylic acids is 3. The number of ether oxygens (including phenoxy) is 1. The molecule has 0 aliphatic carbocycles. The summed E-state index contributed by atoms with van der Waals surface area (Å²) in [6.07, 6.45) is -10.0. The fourth-order valence-corrected chi connectivity index (χ4v) is 4.81. The Kier molecular flexibility index (Phi) is 7.06. The second-order valence-corrected chi connectivity index (χ2v) is 9.13. The lowest BCUT2D eigenvalue weighted by atomic mass is 9.85. The summed E-state index contributed by atoms with van der Waals surface area (Å²) >= 11 is 0. The molecule has 2 saturated heterocycles. The quantitative estimate of drug-likeness (QED) is 0.419. The normalized spacial score (nSPS) is 17.8. The number of halogens is 6. The number of amides is 2. The highest BCUT2D eigenvalue weighted by molar-refractivity contribution is 5.96. The Labute approximate surface area is 213 Å². The molecule has 2 amide bonds. The molecular formula is C25H23F6N3O4. The van der Waals surface area contributed by atoms with Crippen LogP contribution < -0.4 is 4.90 Å². The standard InChI is InChI=1S/C25H23F6N3O4/c1-16(35)38-15-33-14-34(20-5-3-2-4-6-20)23(22(33)37)7-9-32(10-8-23)21(36)17-11-18(24(26,27)28)13-19(12-17)25(29,30)31/h2-6,11-13H,7-10,14-15H2,1H3. The predicted octanol–water partition coefficient (Wildman–Crippen LogP) is 4.53. The average molecular weight is 543 g/mol. The number of benzene rings is 2. The zero-order valence-corrected chi connectivity index (χ0v) is 20.1. The lowest BCUT2D eigenvalue weighted by Crippen LogP contribution is -2.57. The fourth-order valence-electron chi connectivity index (χ4n) is 4.81. The highest BCUT2D eigenvalue weighted by atomic mass is 19.4. The summed E-state index contributed by atoms with van der Waals surface area (Å²) < 4.78 is 84.6. The van der Waals surface area contributed by atoms with E-state index < -0.39 is 46.5 Å². The third-order valence-electron chi connectivity index (χ3n) is 6.72. The zero-order valence-electron chi connectivity index (χ0n) is 20.1. The van der Waals surface area contributed by atoms with Crippen LogP contribution in [0.2, 0.25) is 0 Å². The summed E-state index contributed by atoms with van der Waals surface area (Å²) in [7, 11) is 0. The molecule has 4 rings (SSSR count). The minimum absolute atomic E-state index is 0.0331. The molecule has 2 aliphatic heterocycles. The smallest absolute Gasteiger partial charge is 0.416 e. The molecule has 1 spiro atoms. The molecule has 0 atom stereocenters. The molecule has 2 fully saturated rings. The number of nitrogens with zero attached hydrogens (tertiary/aromatic N) is 3. The Morgan fingerprint density at radius 3 is 1.97 bits per heavy atom. The van der Waals surface area contributed by atoms with Crippen molar-refractivity contribution in [3.05, 3.63) is 65.2 Å². The van der Waals surface area contributed by atoms with Crippen molar-refractivity contribution in [2.45, 2.75) is 37.7 Å². The van der Waals surface area contributed by atoms with E-state index in [0.29, 0.717) is 17.8 Å². The van der Waals surface area contributed by atoms with Crippen molar-refractivity contribution >= 4 is 23.5 Å². The lowest BCUT2D eigenvalue weighted by molar-refractivity contribution is -0.150. The Balaban J connectivity index is 1.60. The van der Waals surface area contributed by atoms with E-state index >= 15 is 0 Å². The van der Waals surface area contributed by atoms with E-state index in [1.807, 2.05) is 4.90 Å². The van der Waals surface area contributed by atoms with Crippen molar-refractivity contribution in [3.63, 3.8) is 0 Å². The highest BCUT2D eigenvalue weighted by Gasteiger charge is 2.54. The van der Waals surface area contributed by atoms with E-state index in [1.54, 1.807) is 30.3 Å². The number of likely N-dealkylation sites (tertiary alicyclic amines) is 1. The summed E-state index contributed by atoms with van der Waals surface area (Å²) in [6.45, 7) is 0.826. The summed E-state index contributed by atoms with van der Waals surface area (Å²) in [6, 6.07) is 9.66. The number of alkyl halides is 6. The van der Waals surface area contributed by atoms with E-state index in [-0.39, 0.29) is 51.3 Å². The first-order valence-electron chi connectivity index (χ1n) is 11.6. The summed E-state index contributed by atoms with van der Waals surface area (Å²) in [5.74, 6) is -1.93. The van der Waals surface area contributed by atoms with Crippen molar-refractivity contribution in [2.24, 2.45) is 0 Å². The van der Waals surface area contributed by atoms with Crippen LogP contribution >= 0.6 is 0 Å². The maximum Gasteiger partial charge on any atom is 0.416 e. The third kappa shape index (κ3) is 5.27. The second-order valence-electron chi connectivity index (χ2n) is 9.13. The number of piperidine rings is 1. The Hall–Kier alpha value is -3.77. The molecule has 7 nitrogen and oxygen atoms in total. The predicted molar refractivity (Wildman–Crippen MR) is 122 cm³/mol. The van der Waals surface area contributed by atoms with Gasteiger partial charge in [-0.05, 0) is 43.2 Å². The lowest BCUT2D eigenvalue weighted by Gasteiger charge is -2.43. The Morgan fingerprint density at radius 1 is 0.921 bits per heavy atom. The minimum atomic E-state index is -5.08. The van der Waals surface area contributed by atoms with Gasteiger partial charge in [0.1, 0.15) is 5.54 Å². The van der Waals surface area contributed by atoms with E-state index in [0.717, 1.165) is 4.90 Å². The van der Waals surface area contributed by atoms with Crippen molar-refractivity contribution < 1.29 is 45.5 Å². The van der Waals surface area contributed by atoms with Gasteiger partial charge in [0.15, 0.2) is 6.73 Å². The van der Waals surface area contributed by atoms with Crippen LogP contribution in [0.1, 0.15) is 41.3 Å². The van der Waals surface area contributed by atoms with E-state index in [2.05, 4.69) is 0 Å².